The number of oxime groups is 1. The van der Waals surface area contributed by atoms with E-state index in [-0.39, 0.29) is 0 Å². The summed E-state index contributed by atoms with van der Waals surface area (Å²) in [6, 6.07) is 13.5. The van der Waals surface area contributed by atoms with Gasteiger partial charge in [-0.05, 0) is 40.5 Å². The van der Waals surface area contributed by atoms with Gasteiger partial charge in [-0.25, -0.2) is 0 Å². The van der Waals surface area contributed by atoms with Crippen LogP contribution in [0.5, 0.6) is 11.5 Å². The summed E-state index contributed by atoms with van der Waals surface area (Å²) in [4.78, 5) is 0. The fourth-order valence-electron chi connectivity index (χ4n) is 1.83. The fourth-order valence-corrected chi connectivity index (χ4v) is 2.25. The highest BCUT2D eigenvalue weighted by Gasteiger charge is 2.10. The first-order valence-corrected chi connectivity index (χ1v) is 7.34. The molecule has 0 bridgehead atoms. The summed E-state index contributed by atoms with van der Waals surface area (Å²) < 4.78 is 12.2. The lowest BCUT2D eigenvalue weighted by atomic mass is 10.2. The predicted molar refractivity (Wildman–Crippen MR) is 85.5 cm³/mol. The van der Waals surface area contributed by atoms with Crippen LogP contribution in [0.2, 0.25) is 0 Å². The van der Waals surface area contributed by atoms with Crippen molar-refractivity contribution in [2.24, 2.45) is 5.16 Å². The van der Waals surface area contributed by atoms with Crippen LogP contribution in [0.3, 0.4) is 0 Å². The van der Waals surface area contributed by atoms with E-state index in [0.29, 0.717) is 30.3 Å². The Morgan fingerprint density at radius 1 is 1.14 bits per heavy atom. The maximum absolute atomic E-state index is 8.66. The molecule has 0 saturated heterocycles. The zero-order chi connectivity index (χ0) is 15.1. The summed E-state index contributed by atoms with van der Waals surface area (Å²) in [5, 5.41) is 11.7. The predicted octanol–water partition coefficient (Wildman–Crippen LogP) is 4.23. The van der Waals surface area contributed by atoms with E-state index < -0.39 is 0 Å². The average Bonchev–Trinajstić information content (AvgIpc) is 2.50. The first-order chi connectivity index (χ1) is 10.2. The molecule has 0 aliphatic heterocycles. The van der Waals surface area contributed by atoms with Crippen LogP contribution in [0.25, 0.3) is 0 Å². The zero-order valence-electron chi connectivity index (χ0n) is 11.6. The topological polar surface area (TPSA) is 51.0 Å². The van der Waals surface area contributed by atoms with Crippen molar-refractivity contribution in [2.75, 3.05) is 6.61 Å². The second-order valence-electron chi connectivity index (χ2n) is 4.27. The second-order valence-corrected chi connectivity index (χ2v) is 5.13. The van der Waals surface area contributed by atoms with E-state index in [1.807, 2.05) is 43.3 Å². The molecule has 0 aromatic heterocycles. The minimum Gasteiger partial charge on any atom is -0.490 e. The summed E-state index contributed by atoms with van der Waals surface area (Å²) in [7, 11) is 0. The van der Waals surface area contributed by atoms with Crippen LogP contribution in [0.4, 0.5) is 0 Å². The Hall–Kier alpha value is -2.01. The standard InChI is InChI=1S/C16H16BrNO3/c1-2-20-15-8-13(10-18-19)14(17)9-16(15)21-11-12-6-4-3-5-7-12/h3-10,19H,2,11H2,1H3. The molecule has 0 fully saturated rings. The Labute approximate surface area is 132 Å². The second kappa shape index (κ2) is 7.69. The maximum atomic E-state index is 8.66. The summed E-state index contributed by atoms with van der Waals surface area (Å²) in [5.74, 6) is 1.26. The van der Waals surface area contributed by atoms with Gasteiger partial charge in [0, 0.05) is 10.0 Å². The molecule has 2 aromatic rings. The molecule has 110 valence electrons. The lowest BCUT2D eigenvalue weighted by Gasteiger charge is -2.13. The average molecular weight is 350 g/mol. The van der Waals surface area contributed by atoms with Crippen molar-refractivity contribution in [3.63, 3.8) is 0 Å². The molecule has 0 heterocycles. The molecular formula is C16H16BrNO3. The number of hydrogen-bond donors (Lipinski definition) is 1. The maximum Gasteiger partial charge on any atom is 0.162 e. The van der Waals surface area contributed by atoms with Gasteiger partial charge in [-0.1, -0.05) is 35.5 Å². The Morgan fingerprint density at radius 2 is 1.86 bits per heavy atom. The molecule has 21 heavy (non-hydrogen) atoms. The van der Waals surface area contributed by atoms with Gasteiger partial charge in [0.2, 0.25) is 0 Å². The van der Waals surface area contributed by atoms with Crippen molar-refractivity contribution in [1.29, 1.82) is 0 Å². The molecular weight excluding hydrogens is 334 g/mol. The first-order valence-electron chi connectivity index (χ1n) is 6.55. The van der Waals surface area contributed by atoms with Crippen molar-refractivity contribution in [2.45, 2.75) is 13.5 Å². The molecule has 5 heteroatoms. The minimum atomic E-state index is 0.459. The molecule has 0 unspecified atom stereocenters. The van der Waals surface area contributed by atoms with E-state index in [9.17, 15) is 0 Å². The lowest BCUT2D eigenvalue weighted by Crippen LogP contribution is -2.01. The van der Waals surface area contributed by atoms with Gasteiger partial charge in [-0.15, -0.1) is 0 Å². The van der Waals surface area contributed by atoms with Gasteiger partial charge in [-0.2, -0.15) is 0 Å². The van der Waals surface area contributed by atoms with Crippen LogP contribution in [-0.2, 0) is 6.61 Å². The summed E-state index contributed by atoms with van der Waals surface area (Å²) in [6.45, 7) is 2.89. The monoisotopic (exact) mass is 349 g/mol. The molecule has 0 aliphatic carbocycles. The molecule has 0 radical (unpaired) electrons. The van der Waals surface area contributed by atoms with E-state index in [2.05, 4.69) is 21.1 Å². The van der Waals surface area contributed by atoms with E-state index in [1.54, 1.807) is 6.07 Å². The quantitative estimate of drug-likeness (QED) is 0.482. The van der Waals surface area contributed by atoms with Gasteiger partial charge >= 0.3 is 0 Å². The third-order valence-electron chi connectivity index (χ3n) is 2.80. The zero-order valence-corrected chi connectivity index (χ0v) is 13.2. The van der Waals surface area contributed by atoms with E-state index >= 15 is 0 Å². The van der Waals surface area contributed by atoms with Crippen molar-refractivity contribution in [1.82, 2.24) is 0 Å². The Kier molecular flexibility index (Phi) is 5.63. The third-order valence-corrected chi connectivity index (χ3v) is 3.48. The molecule has 0 amide bonds. The highest BCUT2D eigenvalue weighted by Crippen LogP contribution is 2.33. The first kappa shape index (κ1) is 15.4. The van der Waals surface area contributed by atoms with Crippen LogP contribution in [-0.4, -0.2) is 18.0 Å². The van der Waals surface area contributed by atoms with Crippen LogP contribution in [0.1, 0.15) is 18.1 Å². The Morgan fingerprint density at radius 3 is 2.52 bits per heavy atom. The third kappa shape index (κ3) is 4.23. The molecule has 4 nitrogen and oxygen atoms in total. The lowest BCUT2D eigenvalue weighted by molar-refractivity contribution is 0.269. The van der Waals surface area contributed by atoms with Crippen molar-refractivity contribution in [3.05, 3.63) is 58.1 Å². The van der Waals surface area contributed by atoms with Crippen molar-refractivity contribution >= 4 is 22.1 Å². The number of hydrogen-bond acceptors (Lipinski definition) is 4. The van der Waals surface area contributed by atoms with Crippen LogP contribution < -0.4 is 9.47 Å². The molecule has 2 aromatic carbocycles. The van der Waals surface area contributed by atoms with Crippen LogP contribution >= 0.6 is 15.9 Å². The number of benzene rings is 2. The number of rotatable bonds is 6. The number of nitrogens with zero attached hydrogens (tertiary/aromatic N) is 1. The van der Waals surface area contributed by atoms with Gasteiger partial charge in [0.05, 0.1) is 12.8 Å². The summed E-state index contributed by atoms with van der Waals surface area (Å²) in [6.07, 6.45) is 1.34. The molecule has 0 atom stereocenters. The van der Waals surface area contributed by atoms with Crippen LogP contribution in [0.15, 0.2) is 52.1 Å². The van der Waals surface area contributed by atoms with Gasteiger partial charge < -0.3 is 14.7 Å². The van der Waals surface area contributed by atoms with Gasteiger partial charge in [0.1, 0.15) is 6.61 Å². The van der Waals surface area contributed by atoms with Gasteiger partial charge in [0.15, 0.2) is 11.5 Å². The molecule has 0 saturated carbocycles. The van der Waals surface area contributed by atoms with E-state index in [1.165, 1.54) is 6.21 Å². The molecule has 1 N–H and O–H groups in total. The molecule has 2 rings (SSSR count). The highest BCUT2D eigenvalue weighted by molar-refractivity contribution is 9.10. The minimum absolute atomic E-state index is 0.459. The smallest absolute Gasteiger partial charge is 0.162 e. The number of halogens is 1. The van der Waals surface area contributed by atoms with Crippen molar-refractivity contribution < 1.29 is 14.7 Å². The van der Waals surface area contributed by atoms with Gasteiger partial charge in [-0.3, -0.25) is 0 Å². The van der Waals surface area contributed by atoms with Gasteiger partial charge in [0.25, 0.3) is 0 Å². The summed E-state index contributed by atoms with van der Waals surface area (Å²) in [5.41, 5.74) is 1.80. The largest absolute Gasteiger partial charge is 0.490 e. The summed E-state index contributed by atoms with van der Waals surface area (Å²) >= 11 is 3.42. The Balaban J connectivity index is 2.22. The normalized spacial score (nSPS) is 10.8. The molecule has 0 spiro atoms. The fraction of sp³-hybridized carbons (Fsp3) is 0.188. The highest BCUT2D eigenvalue weighted by atomic mass is 79.9. The Bertz CT molecular complexity index is 614. The van der Waals surface area contributed by atoms with Crippen molar-refractivity contribution in [3.8, 4) is 11.5 Å². The molecule has 0 aliphatic rings. The van der Waals surface area contributed by atoms with Crippen LogP contribution in [0, 0.1) is 0 Å². The number of ether oxygens (including phenoxy) is 2. The SMILES string of the molecule is CCOc1cc(C=NO)c(Br)cc1OCc1ccccc1. The van der Waals surface area contributed by atoms with E-state index in [0.717, 1.165) is 10.0 Å². The van der Waals surface area contributed by atoms with E-state index in [4.69, 9.17) is 14.7 Å².